The fourth-order valence-electron chi connectivity index (χ4n) is 3.42. The molecule has 4 heteroatoms. The van der Waals surface area contributed by atoms with Crippen LogP contribution in [0.3, 0.4) is 0 Å². The van der Waals surface area contributed by atoms with Crippen molar-refractivity contribution < 1.29 is 14.6 Å². The molecular formula is C26H29NO3. The Hall–Kier alpha value is -2.95. The molecule has 0 aliphatic rings. The van der Waals surface area contributed by atoms with E-state index in [4.69, 9.17) is 4.74 Å². The Kier molecular flexibility index (Phi) is 8.19. The maximum absolute atomic E-state index is 12.7. The van der Waals surface area contributed by atoms with Gasteiger partial charge in [0.05, 0.1) is 5.56 Å². The summed E-state index contributed by atoms with van der Waals surface area (Å²) in [6, 6.07) is 27.4. The zero-order valence-corrected chi connectivity index (χ0v) is 17.4. The molecule has 1 atom stereocenters. The number of ether oxygens (including phenoxy) is 1. The van der Waals surface area contributed by atoms with Crippen LogP contribution in [0.5, 0.6) is 5.75 Å². The van der Waals surface area contributed by atoms with Crippen molar-refractivity contribution in [1.82, 2.24) is 4.90 Å². The third kappa shape index (κ3) is 6.83. The van der Waals surface area contributed by atoms with Crippen LogP contribution in [0.15, 0.2) is 84.9 Å². The lowest BCUT2D eigenvalue weighted by molar-refractivity contribution is 0.0732. The van der Waals surface area contributed by atoms with Gasteiger partial charge in [-0.1, -0.05) is 72.8 Å². The number of benzene rings is 3. The van der Waals surface area contributed by atoms with Gasteiger partial charge in [-0.2, -0.15) is 0 Å². The second-order valence-electron chi connectivity index (χ2n) is 7.55. The molecule has 0 aromatic heterocycles. The zero-order valence-electron chi connectivity index (χ0n) is 17.4. The molecular weight excluding hydrogens is 374 g/mol. The number of para-hydroxylation sites is 1. The minimum Gasteiger partial charge on any atom is -0.490 e. The maximum atomic E-state index is 12.7. The summed E-state index contributed by atoms with van der Waals surface area (Å²) in [6.07, 6.45) is 0.472. The molecule has 0 spiro atoms. The van der Waals surface area contributed by atoms with Crippen LogP contribution in [0.4, 0.5) is 0 Å². The van der Waals surface area contributed by atoms with Gasteiger partial charge in [-0.3, -0.25) is 9.69 Å². The normalized spacial score (nSPS) is 12.0. The smallest absolute Gasteiger partial charge is 0.166 e. The predicted octanol–water partition coefficient (Wildman–Crippen LogP) is 4.37. The topological polar surface area (TPSA) is 49.8 Å². The van der Waals surface area contributed by atoms with Crippen molar-refractivity contribution in [3.05, 3.63) is 102 Å². The number of nitrogens with zero attached hydrogens (tertiary/aromatic N) is 1. The minimum atomic E-state index is -0.647. The Balaban J connectivity index is 1.50. The van der Waals surface area contributed by atoms with Gasteiger partial charge in [0.15, 0.2) is 5.78 Å². The summed E-state index contributed by atoms with van der Waals surface area (Å²) in [6.45, 7) is 1.38. The molecule has 0 amide bonds. The number of carbonyl (C=O) groups excluding carboxylic acids is 1. The van der Waals surface area contributed by atoms with Crippen molar-refractivity contribution in [2.24, 2.45) is 0 Å². The van der Waals surface area contributed by atoms with Crippen LogP contribution in [0.2, 0.25) is 0 Å². The second kappa shape index (κ2) is 11.3. The van der Waals surface area contributed by atoms with E-state index in [1.54, 1.807) is 12.1 Å². The van der Waals surface area contributed by atoms with Gasteiger partial charge in [0.2, 0.25) is 0 Å². The number of ketones is 1. The number of Topliss-reactive ketones (excluding diaryl/α,β-unsaturated/α-hetero) is 1. The van der Waals surface area contributed by atoms with Crippen molar-refractivity contribution in [2.45, 2.75) is 25.5 Å². The van der Waals surface area contributed by atoms with E-state index in [9.17, 15) is 9.90 Å². The number of aryl methyl sites for hydroxylation is 1. The summed E-state index contributed by atoms with van der Waals surface area (Å²) in [5, 5.41) is 10.4. The lowest BCUT2D eigenvalue weighted by Gasteiger charge is -2.21. The Labute approximate surface area is 178 Å². The maximum Gasteiger partial charge on any atom is 0.166 e. The first kappa shape index (κ1) is 21.8. The fraction of sp³-hybridized carbons (Fsp3) is 0.269. The average molecular weight is 404 g/mol. The minimum absolute atomic E-state index is 0.0464. The number of aliphatic hydroxyl groups excluding tert-OH is 1. The van der Waals surface area contributed by atoms with Crippen LogP contribution < -0.4 is 4.74 Å². The number of hydrogen-bond donors (Lipinski definition) is 1. The summed E-state index contributed by atoms with van der Waals surface area (Å²) in [5.74, 6) is 0.575. The third-order valence-corrected chi connectivity index (χ3v) is 4.92. The van der Waals surface area contributed by atoms with E-state index in [0.29, 0.717) is 30.7 Å². The van der Waals surface area contributed by atoms with Gasteiger partial charge in [0.25, 0.3) is 0 Å². The molecule has 1 N–H and O–H groups in total. The third-order valence-electron chi connectivity index (χ3n) is 4.92. The molecule has 30 heavy (non-hydrogen) atoms. The molecule has 3 aromatic rings. The van der Waals surface area contributed by atoms with Gasteiger partial charge in [-0.05, 0) is 36.7 Å². The summed E-state index contributed by atoms with van der Waals surface area (Å²) < 4.78 is 5.83. The predicted molar refractivity (Wildman–Crippen MR) is 120 cm³/mol. The molecule has 0 fully saturated rings. The molecule has 0 saturated carbocycles. The molecule has 156 valence electrons. The SMILES string of the molecule is CN(Cc1ccccc1)CC(O)COc1ccccc1C(=O)CCc1ccccc1. The molecule has 1 unspecified atom stereocenters. The molecule has 0 bridgehead atoms. The highest BCUT2D eigenvalue weighted by molar-refractivity contribution is 5.98. The van der Waals surface area contributed by atoms with Gasteiger partial charge in [-0.25, -0.2) is 0 Å². The van der Waals surface area contributed by atoms with E-state index in [1.165, 1.54) is 5.56 Å². The number of hydrogen-bond acceptors (Lipinski definition) is 4. The number of rotatable bonds is 11. The first-order valence-electron chi connectivity index (χ1n) is 10.3. The van der Waals surface area contributed by atoms with E-state index in [-0.39, 0.29) is 12.4 Å². The largest absolute Gasteiger partial charge is 0.490 e. The standard InChI is InChI=1S/C26H29NO3/c1-27(18-22-12-6-3-7-13-22)19-23(28)20-30-26-15-9-8-14-24(26)25(29)17-16-21-10-4-2-5-11-21/h2-15,23,28H,16-20H2,1H3. The average Bonchev–Trinajstić information content (AvgIpc) is 2.77. The Morgan fingerprint density at radius 3 is 2.20 bits per heavy atom. The van der Waals surface area contributed by atoms with Crippen LogP contribution in [-0.2, 0) is 13.0 Å². The summed E-state index contributed by atoms with van der Waals surface area (Å²) in [5.41, 5.74) is 2.90. The van der Waals surface area contributed by atoms with Crippen molar-refractivity contribution in [3.63, 3.8) is 0 Å². The van der Waals surface area contributed by atoms with Crippen LogP contribution in [0.1, 0.15) is 27.9 Å². The summed E-state index contributed by atoms with van der Waals surface area (Å²) >= 11 is 0. The van der Waals surface area contributed by atoms with Gasteiger partial charge in [0.1, 0.15) is 18.5 Å². The van der Waals surface area contributed by atoms with Crippen LogP contribution >= 0.6 is 0 Å². The van der Waals surface area contributed by atoms with Crippen molar-refractivity contribution >= 4 is 5.78 Å². The van der Waals surface area contributed by atoms with Gasteiger partial charge in [0, 0.05) is 19.5 Å². The van der Waals surface area contributed by atoms with E-state index in [1.807, 2.05) is 67.7 Å². The van der Waals surface area contributed by atoms with E-state index in [0.717, 1.165) is 12.1 Å². The molecule has 3 aromatic carbocycles. The Bertz CT molecular complexity index is 912. The number of likely N-dealkylation sites (N-methyl/N-ethyl adjacent to an activating group) is 1. The van der Waals surface area contributed by atoms with Gasteiger partial charge in [-0.15, -0.1) is 0 Å². The monoisotopic (exact) mass is 403 g/mol. The first-order valence-corrected chi connectivity index (χ1v) is 10.3. The Morgan fingerprint density at radius 1 is 0.900 bits per heavy atom. The first-order chi connectivity index (χ1) is 14.6. The van der Waals surface area contributed by atoms with Crippen LogP contribution in [-0.4, -0.2) is 42.1 Å². The number of carbonyl (C=O) groups is 1. The fourth-order valence-corrected chi connectivity index (χ4v) is 3.42. The van der Waals surface area contributed by atoms with Crippen molar-refractivity contribution in [1.29, 1.82) is 0 Å². The molecule has 0 saturated heterocycles. The van der Waals surface area contributed by atoms with Gasteiger partial charge >= 0.3 is 0 Å². The zero-order chi connectivity index (χ0) is 21.2. The second-order valence-corrected chi connectivity index (χ2v) is 7.55. The quantitative estimate of drug-likeness (QED) is 0.483. The Morgan fingerprint density at radius 2 is 1.50 bits per heavy atom. The highest BCUT2D eigenvalue weighted by atomic mass is 16.5. The highest BCUT2D eigenvalue weighted by Crippen LogP contribution is 2.21. The molecule has 4 nitrogen and oxygen atoms in total. The molecule has 0 radical (unpaired) electrons. The number of aliphatic hydroxyl groups is 1. The summed E-state index contributed by atoms with van der Waals surface area (Å²) in [4.78, 5) is 14.8. The van der Waals surface area contributed by atoms with Crippen molar-refractivity contribution in [2.75, 3.05) is 20.2 Å². The van der Waals surface area contributed by atoms with Crippen LogP contribution in [0, 0.1) is 0 Å². The lowest BCUT2D eigenvalue weighted by atomic mass is 10.0. The summed E-state index contributed by atoms with van der Waals surface area (Å²) in [7, 11) is 1.97. The van der Waals surface area contributed by atoms with Crippen molar-refractivity contribution in [3.8, 4) is 5.75 Å². The molecule has 0 aliphatic carbocycles. The molecule has 3 rings (SSSR count). The van der Waals surface area contributed by atoms with Crippen LogP contribution in [0.25, 0.3) is 0 Å². The van der Waals surface area contributed by atoms with E-state index < -0.39 is 6.10 Å². The highest BCUT2D eigenvalue weighted by Gasteiger charge is 2.15. The molecule has 0 aliphatic heterocycles. The van der Waals surface area contributed by atoms with Gasteiger partial charge < -0.3 is 9.84 Å². The lowest BCUT2D eigenvalue weighted by Crippen LogP contribution is -2.33. The van der Waals surface area contributed by atoms with E-state index >= 15 is 0 Å². The van der Waals surface area contributed by atoms with E-state index in [2.05, 4.69) is 17.0 Å². The molecule has 0 heterocycles.